The second-order valence-corrected chi connectivity index (χ2v) is 7.01. The molecule has 3 rings (SSSR count). The van der Waals surface area contributed by atoms with Gasteiger partial charge in [-0.3, -0.25) is 4.79 Å². The Labute approximate surface area is 117 Å². The van der Waals surface area contributed by atoms with Gasteiger partial charge in [0.1, 0.15) is 12.4 Å². The predicted molar refractivity (Wildman–Crippen MR) is 69.6 cm³/mol. The molecular weight excluding hydrogens is 260 g/mol. The summed E-state index contributed by atoms with van der Waals surface area (Å²) < 4.78 is 5.01. The number of ketones is 1. The fraction of sp³-hybridized carbons (Fsp3) is 0.733. The monoisotopic (exact) mass is 280 g/mol. The lowest BCUT2D eigenvalue weighted by Crippen LogP contribution is -2.66. The molecule has 5 nitrogen and oxygen atoms in total. The van der Waals surface area contributed by atoms with Crippen molar-refractivity contribution in [2.75, 3.05) is 6.61 Å². The van der Waals surface area contributed by atoms with Crippen molar-refractivity contribution >= 4 is 11.8 Å². The number of carbonyl (C=O) groups excluding carboxylic acids is 2. The molecule has 0 unspecified atom stereocenters. The topological polar surface area (TPSA) is 83.8 Å². The van der Waals surface area contributed by atoms with Crippen molar-refractivity contribution in [3.63, 3.8) is 0 Å². The van der Waals surface area contributed by atoms with Crippen LogP contribution in [0.2, 0.25) is 0 Å². The lowest BCUT2D eigenvalue weighted by atomic mass is 9.46. The van der Waals surface area contributed by atoms with E-state index in [2.05, 4.69) is 0 Å². The summed E-state index contributed by atoms with van der Waals surface area (Å²) in [6, 6.07) is 0. The largest absolute Gasteiger partial charge is 0.459 e. The van der Waals surface area contributed by atoms with E-state index in [0.717, 1.165) is 0 Å². The first kappa shape index (κ1) is 13.8. The maximum Gasteiger partial charge on any atom is 0.343 e. The van der Waals surface area contributed by atoms with Crippen LogP contribution in [0.25, 0.3) is 0 Å². The highest BCUT2D eigenvalue weighted by Gasteiger charge is 2.70. The van der Waals surface area contributed by atoms with Crippen LogP contribution in [0.1, 0.15) is 33.6 Å². The third-order valence-electron chi connectivity index (χ3n) is 5.71. The van der Waals surface area contributed by atoms with Crippen LogP contribution in [0.15, 0.2) is 11.6 Å². The van der Waals surface area contributed by atoms with E-state index in [1.807, 2.05) is 0 Å². The minimum Gasteiger partial charge on any atom is -0.459 e. The number of hydrogen-bond donors (Lipinski definition) is 2. The Morgan fingerprint density at radius 2 is 1.95 bits per heavy atom. The van der Waals surface area contributed by atoms with E-state index in [4.69, 9.17) is 4.74 Å². The number of aliphatic hydroxyl groups excluding tert-OH is 1. The third kappa shape index (κ3) is 1.30. The van der Waals surface area contributed by atoms with Crippen LogP contribution in [0, 0.1) is 16.7 Å². The summed E-state index contributed by atoms with van der Waals surface area (Å²) in [7, 11) is 0. The van der Waals surface area contributed by atoms with Crippen molar-refractivity contribution < 1.29 is 24.5 Å². The van der Waals surface area contributed by atoms with Crippen LogP contribution in [-0.2, 0) is 14.3 Å². The zero-order valence-electron chi connectivity index (χ0n) is 12.0. The van der Waals surface area contributed by atoms with Gasteiger partial charge in [0, 0.05) is 28.7 Å². The fourth-order valence-electron chi connectivity index (χ4n) is 4.58. The first-order chi connectivity index (χ1) is 9.15. The predicted octanol–water partition coefficient (Wildman–Crippen LogP) is 0.587. The fourth-order valence-corrected chi connectivity index (χ4v) is 4.58. The maximum absolute atomic E-state index is 12.2. The molecule has 1 saturated heterocycles. The van der Waals surface area contributed by atoms with Crippen molar-refractivity contribution in [1.29, 1.82) is 0 Å². The molecule has 0 spiro atoms. The number of Topliss-reactive ketones (excluding diaryl/α,β-unsaturated/α-hetero) is 1. The molecule has 110 valence electrons. The summed E-state index contributed by atoms with van der Waals surface area (Å²) >= 11 is 0. The molecule has 5 heteroatoms. The Balaban J connectivity index is 2.22. The summed E-state index contributed by atoms with van der Waals surface area (Å²) in [6.45, 7) is 5.37. The van der Waals surface area contributed by atoms with Crippen LogP contribution in [-0.4, -0.2) is 40.3 Å². The van der Waals surface area contributed by atoms with E-state index >= 15 is 0 Å². The average Bonchev–Trinajstić information content (AvgIpc) is 2.64. The quantitative estimate of drug-likeness (QED) is 0.501. The summed E-state index contributed by atoms with van der Waals surface area (Å²) in [6.07, 6.45) is 1.32. The first-order valence-electron chi connectivity index (χ1n) is 6.98. The minimum atomic E-state index is -1.71. The molecule has 3 aliphatic rings. The molecular formula is C15H20O5. The second-order valence-electron chi connectivity index (χ2n) is 7.01. The van der Waals surface area contributed by atoms with Gasteiger partial charge in [-0.2, -0.15) is 0 Å². The van der Waals surface area contributed by atoms with Crippen molar-refractivity contribution in [3.8, 4) is 0 Å². The third-order valence-corrected chi connectivity index (χ3v) is 5.71. The number of esters is 1. The van der Waals surface area contributed by atoms with Gasteiger partial charge in [-0.05, 0) is 12.5 Å². The van der Waals surface area contributed by atoms with Crippen LogP contribution in [0.4, 0.5) is 0 Å². The highest BCUT2D eigenvalue weighted by Crippen LogP contribution is 2.61. The normalized spacial score (nSPS) is 46.4. The van der Waals surface area contributed by atoms with E-state index in [-0.39, 0.29) is 12.4 Å². The molecule has 1 saturated carbocycles. The second kappa shape index (κ2) is 3.71. The van der Waals surface area contributed by atoms with Crippen molar-refractivity contribution in [1.82, 2.24) is 0 Å². The molecule has 0 aromatic carbocycles. The van der Waals surface area contributed by atoms with E-state index in [1.165, 1.54) is 6.08 Å². The van der Waals surface area contributed by atoms with Gasteiger partial charge in [0.2, 0.25) is 0 Å². The summed E-state index contributed by atoms with van der Waals surface area (Å²) in [4.78, 5) is 24.3. The average molecular weight is 280 g/mol. The van der Waals surface area contributed by atoms with Gasteiger partial charge >= 0.3 is 5.97 Å². The SMILES string of the molecule is CC1(C)C(=O)CC[C@]2(C)[C@@H]1[C@H](O)C=C1COC(=O)[C@@]12O. The number of rotatable bonds is 0. The van der Waals surface area contributed by atoms with Gasteiger partial charge in [0.15, 0.2) is 5.60 Å². The van der Waals surface area contributed by atoms with Gasteiger partial charge in [-0.1, -0.05) is 20.8 Å². The first-order valence-corrected chi connectivity index (χ1v) is 6.98. The molecule has 2 N–H and O–H groups in total. The summed E-state index contributed by atoms with van der Waals surface area (Å²) in [5.41, 5.74) is -2.96. The summed E-state index contributed by atoms with van der Waals surface area (Å²) in [5, 5.41) is 21.5. The minimum absolute atomic E-state index is 0.0169. The molecule has 2 aliphatic carbocycles. The number of aliphatic hydroxyl groups is 2. The molecule has 0 radical (unpaired) electrons. The number of fused-ring (bicyclic) bond motifs is 3. The van der Waals surface area contributed by atoms with Gasteiger partial charge in [0.25, 0.3) is 0 Å². The number of cyclic esters (lactones) is 1. The van der Waals surface area contributed by atoms with Gasteiger partial charge in [-0.15, -0.1) is 0 Å². The van der Waals surface area contributed by atoms with Crippen molar-refractivity contribution in [2.45, 2.75) is 45.3 Å². The standard InChI is InChI=1S/C15H20O5/c1-13(2)10(17)4-5-14(3)11(13)9(16)6-8-7-20-12(18)15(8,14)19/h6,9,11,16,19H,4-5,7H2,1-3H3/t9-,11-,14-,15+/m1/s1. The Morgan fingerprint density at radius 3 is 2.60 bits per heavy atom. The highest BCUT2D eigenvalue weighted by molar-refractivity contribution is 5.91. The lowest BCUT2D eigenvalue weighted by Gasteiger charge is -2.57. The highest BCUT2D eigenvalue weighted by atomic mass is 16.6. The Hall–Kier alpha value is -1.20. The van der Waals surface area contributed by atoms with E-state index in [1.54, 1.807) is 20.8 Å². The Morgan fingerprint density at radius 1 is 1.30 bits per heavy atom. The zero-order valence-corrected chi connectivity index (χ0v) is 12.0. The molecule has 0 amide bonds. The number of ether oxygens (including phenoxy) is 1. The summed E-state index contributed by atoms with van der Waals surface area (Å²) in [5.74, 6) is -1.10. The Bertz CT molecular complexity index is 534. The van der Waals surface area contributed by atoms with Crippen LogP contribution >= 0.6 is 0 Å². The molecule has 0 aromatic heterocycles. The van der Waals surface area contributed by atoms with Crippen molar-refractivity contribution in [3.05, 3.63) is 11.6 Å². The Kier molecular flexibility index (Phi) is 2.55. The molecule has 1 heterocycles. The zero-order chi connectivity index (χ0) is 14.9. The molecule has 1 aliphatic heterocycles. The van der Waals surface area contributed by atoms with Gasteiger partial charge in [-0.25, -0.2) is 4.79 Å². The van der Waals surface area contributed by atoms with Crippen LogP contribution in [0.5, 0.6) is 0 Å². The number of hydrogen-bond acceptors (Lipinski definition) is 5. The van der Waals surface area contributed by atoms with E-state index in [9.17, 15) is 19.8 Å². The molecule has 0 bridgehead atoms. The van der Waals surface area contributed by atoms with Gasteiger partial charge in [0.05, 0.1) is 6.10 Å². The molecule has 4 atom stereocenters. The lowest BCUT2D eigenvalue weighted by molar-refractivity contribution is -0.191. The van der Waals surface area contributed by atoms with Gasteiger partial charge < -0.3 is 14.9 Å². The smallest absolute Gasteiger partial charge is 0.343 e. The maximum atomic E-state index is 12.2. The van der Waals surface area contributed by atoms with E-state index in [0.29, 0.717) is 18.4 Å². The molecule has 0 aromatic rings. The van der Waals surface area contributed by atoms with Crippen molar-refractivity contribution in [2.24, 2.45) is 16.7 Å². The number of carbonyl (C=O) groups is 2. The van der Waals surface area contributed by atoms with Crippen LogP contribution < -0.4 is 0 Å². The molecule has 20 heavy (non-hydrogen) atoms. The van der Waals surface area contributed by atoms with E-state index < -0.39 is 34.4 Å². The molecule has 2 fully saturated rings. The van der Waals surface area contributed by atoms with Crippen LogP contribution in [0.3, 0.4) is 0 Å².